The Labute approximate surface area is 425 Å². The summed E-state index contributed by atoms with van der Waals surface area (Å²) < 4.78 is 72.6. The quantitative estimate of drug-likeness (QED) is 0.0924. The van der Waals surface area contributed by atoms with Crippen molar-refractivity contribution < 1.29 is 256 Å². The molecule has 0 unspecified atom stereocenters. The van der Waals surface area contributed by atoms with Gasteiger partial charge in [-0.1, -0.05) is 6.08 Å². The average Bonchev–Trinajstić information content (AvgIpc) is 3.40. The molecule has 1 aromatic heterocycles. The molecule has 0 bridgehead atoms. The van der Waals surface area contributed by atoms with Gasteiger partial charge in [0.25, 0.3) is 11.5 Å². The molecular weight excluding hydrogens is 745 g/mol. The van der Waals surface area contributed by atoms with Crippen molar-refractivity contribution in [2.24, 2.45) is 5.10 Å². The van der Waals surface area contributed by atoms with Crippen LogP contribution in [0, 0.1) is 0 Å². The van der Waals surface area contributed by atoms with E-state index >= 15 is 0 Å². The van der Waals surface area contributed by atoms with Crippen molar-refractivity contribution in [2.45, 2.75) is 9.79 Å². The molecule has 0 fully saturated rings. The second-order valence-electron chi connectivity index (χ2n) is 7.95. The number of allylic oxidation sites excluding steroid dienone is 2. The fourth-order valence-electron chi connectivity index (χ4n) is 3.57. The summed E-state index contributed by atoms with van der Waals surface area (Å²) in [6.07, 6.45) is 3.15. The Morgan fingerprint density at radius 3 is 1.80 bits per heavy atom. The van der Waals surface area contributed by atoms with Gasteiger partial charge in [0.15, 0.2) is 0 Å². The zero-order valence-corrected chi connectivity index (χ0v) is 38.2. The number of hydrogen-bond acceptors (Lipinski definition) is 13. The summed E-state index contributed by atoms with van der Waals surface area (Å²) >= 11 is 0. The number of ether oxygens (including phenoxy) is 1. The molecule has 45 heavy (non-hydrogen) atoms. The predicted octanol–water partition coefficient (Wildman–Crippen LogP) is -14.2. The monoisotopic (exact) mass is 758 g/mol. The van der Waals surface area contributed by atoms with Crippen LogP contribution in [0.4, 0.5) is 5.69 Å². The Bertz CT molecular complexity index is 1920. The predicted molar refractivity (Wildman–Crippen MR) is 131 cm³/mol. The first-order valence-electron chi connectivity index (χ1n) is 10.9. The smallest absolute Gasteiger partial charge is 0.824 e. The largest absolute Gasteiger partial charge is 1.00 e. The van der Waals surface area contributed by atoms with Crippen LogP contribution in [0.5, 0.6) is 5.88 Å². The van der Waals surface area contributed by atoms with Crippen LogP contribution in [0.15, 0.2) is 85.9 Å². The maximum atomic E-state index is 13.0. The summed E-state index contributed by atoms with van der Waals surface area (Å²) in [4.78, 5) is 36.4. The molecule has 1 aliphatic heterocycles. The molecule has 3 aromatic rings. The number of amides is 1. The first kappa shape index (κ1) is 46.7. The number of rotatable bonds is 9. The summed E-state index contributed by atoms with van der Waals surface area (Å²) in [5, 5.41) is 29.5. The molecule has 1 amide bonds. The Balaban J connectivity index is 0.00000484. The van der Waals surface area contributed by atoms with Gasteiger partial charge in [0, 0.05) is 6.79 Å². The average molecular weight is 759 g/mol. The summed E-state index contributed by atoms with van der Waals surface area (Å²) in [5.41, 5.74) is -2.33. The second kappa shape index (κ2) is 19.9. The Kier molecular flexibility index (Phi) is 20.6. The summed E-state index contributed by atoms with van der Waals surface area (Å²) in [7, 11) is -9.52. The number of hydrogen-bond donors (Lipinski definition) is 1. The van der Waals surface area contributed by atoms with Gasteiger partial charge in [0.2, 0.25) is 5.88 Å². The van der Waals surface area contributed by atoms with E-state index in [9.17, 15) is 50.5 Å². The van der Waals surface area contributed by atoms with Crippen molar-refractivity contribution in [3.63, 3.8) is 0 Å². The molecule has 0 atom stereocenters. The van der Waals surface area contributed by atoms with Crippen molar-refractivity contribution >= 4 is 49.6 Å². The normalized spacial score (nSPS) is 13.8. The van der Waals surface area contributed by atoms with E-state index in [1.165, 1.54) is 0 Å². The number of nitrogens with zero attached hydrogens (tertiary/aromatic N) is 3. The van der Waals surface area contributed by atoms with Crippen molar-refractivity contribution in [2.75, 3.05) is 11.8 Å². The van der Waals surface area contributed by atoms with Crippen molar-refractivity contribution in [3.8, 4) is 11.6 Å². The van der Waals surface area contributed by atoms with Gasteiger partial charge >= 0.3 is 206 Å². The third-order valence-corrected chi connectivity index (χ3v) is 7.14. The third kappa shape index (κ3) is 11.6. The van der Waals surface area contributed by atoms with Gasteiger partial charge in [-0.15, -0.1) is 0 Å². The van der Waals surface area contributed by atoms with E-state index < -0.39 is 65.5 Å². The molecule has 16 nitrogen and oxygen atoms in total. The zero-order chi connectivity index (χ0) is 30.1. The van der Waals surface area contributed by atoms with E-state index in [1.54, 1.807) is 0 Å². The number of carboxylic acid groups (broad SMARTS) is 1. The van der Waals surface area contributed by atoms with Crippen LogP contribution >= 0.6 is 0 Å². The first-order chi connectivity index (χ1) is 19.2. The molecule has 0 saturated carbocycles. The molecule has 0 radical (unpaired) electrons. The number of aromatic nitrogens is 2. The molecule has 0 aliphatic carbocycles. The van der Waals surface area contributed by atoms with Gasteiger partial charge in [-0.25, -0.2) is 21.5 Å². The van der Waals surface area contributed by atoms with E-state index in [0.29, 0.717) is 5.01 Å². The zero-order valence-electron chi connectivity index (χ0n) is 24.1. The topological polar surface area (TPSA) is 257 Å². The van der Waals surface area contributed by atoms with E-state index in [4.69, 9.17) is 4.74 Å². The van der Waals surface area contributed by atoms with Gasteiger partial charge in [-0.2, -0.15) is 10.1 Å². The number of aromatic amines is 1. The van der Waals surface area contributed by atoms with Crippen molar-refractivity contribution in [1.82, 2.24) is 9.78 Å². The first-order valence-corrected chi connectivity index (χ1v) is 13.8. The molecule has 1 aliphatic rings. The van der Waals surface area contributed by atoms with Crippen molar-refractivity contribution in [3.05, 3.63) is 82.2 Å². The summed E-state index contributed by atoms with van der Waals surface area (Å²) in [6, 6.07) is 8.15. The molecule has 2 aromatic carbocycles. The van der Waals surface area contributed by atoms with Crippen LogP contribution in [-0.2, 0) is 29.8 Å². The standard InChI is InChI=1S/C23H17N4O12S2.4K/c28-12-39-20-18(22(30)27(25-20)14-6-10-16(11-7-14)41(36,37)38)3-1-2-17-19(23(31)32)24-26(21(17)29)13-4-8-15(9-5-13)40(33,34)35;;;;/h1-11,25H,12H2,(H,31,32)(H,33,34,35)(H,36,37,38);;;;/q-1;4*+1/p-3/b3-1?,17-2-;;;;. The van der Waals surface area contributed by atoms with E-state index in [2.05, 4.69) is 10.2 Å². The van der Waals surface area contributed by atoms with Gasteiger partial charge in [0.1, 0.15) is 31.5 Å². The van der Waals surface area contributed by atoms with Gasteiger partial charge in [-0.3, -0.25) is 14.7 Å². The summed E-state index contributed by atoms with van der Waals surface area (Å²) in [6.45, 7) is -1.11. The van der Waals surface area contributed by atoms with Crippen LogP contribution in [0.2, 0.25) is 0 Å². The minimum absolute atomic E-state index is 0. The van der Waals surface area contributed by atoms with E-state index in [1.807, 2.05) is 0 Å². The molecule has 0 spiro atoms. The number of carboxylic acids is 1. The number of aliphatic carboxylic acids is 1. The SMILES string of the molecule is O=C([O-])C1=NN(c2ccc(S(=O)(=O)[O-])cc2)C(=O)/C1=C\C=Cc1c(OC[O-])[nH]n(-c2ccc(S(=O)(=O)[O-])cc2)c1=O.[K+].[K+].[K+].[K+]. The Morgan fingerprint density at radius 1 is 0.867 bits per heavy atom. The fourth-order valence-corrected chi connectivity index (χ4v) is 4.51. The van der Waals surface area contributed by atoms with Gasteiger partial charge in [0.05, 0.1) is 32.7 Å². The molecule has 214 valence electrons. The number of nitrogens with one attached hydrogen (secondary N) is 1. The minimum atomic E-state index is -4.78. The summed E-state index contributed by atoms with van der Waals surface area (Å²) in [5.74, 6) is -3.12. The molecule has 22 heteroatoms. The number of anilines is 1. The van der Waals surface area contributed by atoms with Crippen LogP contribution in [0.25, 0.3) is 11.8 Å². The van der Waals surface area contributed by atoms with Crippen LogP contribution in [-0.4, -0.2) is 60.1 Å². The fraction of sp³-hybridized carbons (Fsp3) is 0.0435. The number of carbonyl (C=O) groups excluding carboxylic acids is 2. The van der Waals surface area contributed by atoms with Crippen LogP contribution in [0.1, 0.15) is 5.56 Å². The number of carbonyl (C=O) groups is 2. The maximum Gasteiger partial charge on any atom is 1.00 e. The van der Waals surface area contributed by atoms with Crippen LogP contribution < -0.4 is 231 Å². The maximum absolute atomic E-state index is 13.0. The van der Waals surface area contributed by atoms with E-state index in [0.717, 1.165) is 71.4 Å². The number of H-pyrrole nitrogens is 1. The third-order valence-electron chi connectivity index (χ3n) is 5.45. The second-order valence-corrected chi connectivity index (χ2v) is 10.7. The van der Waals surface area contributed by atoms with Crippen molar-refractivity contribution in [1.29, 1.82) is 0 Å². The molecule has 2 heterocycles. The van der Waals surface area contributed by atoms with Crippen LogP contribution in [0.3, 0.4) is 0 Å². The Hall–Kier alpha value is 1.67. The number of benzene rings is 2. The van der Waals surface area contributed by atoms with Gasteiger partial charge in [-0.05, 0) is 60.7 Å². The molecule has 0 saturated heterocycles. The molecular formula is C23H14K4N4O12S2. The van der Waals surface area contributed by atoms with Gasteiger partial charge < -0.3 is 28.8 Å². The number of hydrazone groups is 1. The molecule has 1 N–H and O–H groups in total. The Morgan fingerprint density at radius 2 is 1.36 bits per heavy atom. The van der Waals surface area contributed by atoms with E-state index in [-0.39, 0.29) is 228 Å². The minimum Gasteiger partial charge on any atom is -0.824 e. The molecule has 4 rings (SSSR count).